The van der Waals surface area contributed by atoms with Gasteiger partial charge in [-0.15, -0.1) is 0 Å². The van der Waals surface area contributed by atoms with Crippen LogP contribution in [0.4, 0.5) is 0 Å². The first-order chi connectivity index (χ1) is 12.8. The lowest BCUT2D eigenvalue weighted by atomic mass is 10.3. The zero-order chi connectivity index (χ0) is 18.2. The van der Waals surface area contributed by atoms with Crippen molar-refractivity contribution >= 4 is 23.6 Å². The van der Waals surface area contributed by atoms with Gasteiger partial charge >= 0.3 is 0 Å². The van der Waals surface area contributed by atoms with E-state index in [9.17, 15) is 4.79 Å². The van der Waals surface area contributed by atoms with Gasteiger partial charge in [0.25, 0.3) is 5.91 Å². The van der Waals surface area contributed by atoms with Gasteiger partial charge in [0.2, 0.25) is 0 Å². The van der Waals surface area contributed by atoms with Gasteiger partial charge in [-0.2, -0.15) is 11.8 Å². The number of carbonyl (C=O) groups is 1. The van der Waals surface area contributed by atoms with E-state index in [1.165, 1.54) is 24.6 Å². The summed E-state index contributed by atoms with van der Waals surface area (Å²) in [5.41, 5.74) is 0. The fourth-order valence-electron chi connectivity index (χ4n) is 3.23. The fraction of sp³-hybridized carbons (Fsp3) is 0.667. The number of hydrogen-bond donors (Lipinski definition) is 1. The quantitative estimate of drug-likeness (QED) is 0.610. The maximum atomic E-state index is 12.4. The Hall–Kier alpha value is -1.67. The number of nitrogens with one attached hydrogen (secondary N) is 1. The minimum Gasteiger partial charge on any atom is -0.459 e. The molecule has 0 bridgehead atoms. The van der Waals surface area contributed by atoms with E-state index in [4.69, 9.17) is 9.41 Å². The monoisotopic (exact) mass is 379 g/mol. The van der Waals surface area contributed by atoms with Crippen LogP contribution in [0.1, 0.15) is 17.5 Å². The molecule has 0 unspecified atom stereocenters. The highest BCUT2D eigenvalue weighted by molar-refractivity contribution is 7.99. The summed E-state index contributed by atoms with van der Waals surface area (Å²) in [5, 5.41) is 3.39. The van der Waals surface area contributed by atoms with Crippen molar-refractivity contribution in [1.82, 2.24) is 20.0 Å². The number of nitrogens with zero attached hydrogens (tertiary/aromatic N) is 4. The van der Waals surface area contributed by atoms with Crippen LogP contribution in [-0.4, -0.2) is 97.0 Å². The number of hydrogen-bond acceptors (Lipinski definition) is 5. The average Bonchev–Trinajstić information content (AvgIpc) is 3.23. The summed E-state index contributed by atoms with van der Waals surface area (Å²) in [5.74, 6) is 3.81. The first-order valence-electron chi connectivity index (χ1n) is 9.44. The molecule has 0 saturated carbocycles. The summed E-state index contributed by atoms with van der Waals surface area (Å²) in [6, 6.07) is 3.47. The van der Waals surface area contributed by atoms with E-state index in [2.05, 4.69) is 22.0 Å². The lowest BCUT2D eigenvalue weighted by Gasteiger charge is -2.36. The number of amides is 1. The lowest BCUT2D eigenvalue weighted by Crippen LogP contribution is -2.53. The van der Waals surface area contributed by atoms with Crippen LogP contribution in [0.15, 0.2) is 27.8 Å². The Bertz CT molecular complexity index is 578. The van der Waals surface area contributed by atoms with Crippen LogP contribution < -0.4 is 5.32 Å². The zero-order valence-corrected chi connectivity index (χ0v) is 16.3. The smallest absolute Gasteiger partial charge is 0.289 e. The maximum absolute atomic E-state index is 12.4. The molecule has 3 rings (SSSR count). The van der Waals surface area contributed by atoms with Gasteiger partial charge in [-0.05, 0) is 19.1 Å². The van der Waals surface area contributed by atoms with Gasteiger partial charge in [-0.1, -0.05) is 0 Å². The lowest BCUT2D eigenvalue weighted by molar-refractivity contribution is 0.0657. The van der Waals surface area contributed by atoms with Crippen molar-refractivity contribution in [3.63, 3.8) is 0 Å². The van der Waals surface area contributed by atoms with E-state index in [1.807, 2.05) is 16.7 Å². The molecule has 26 heavy (non-hydrogen) atoms. The Kier molecular flexibility index (Phi) is 7.25. The summed E-state index contributed by atoms with van der Waals surface area (Å²) in [4.78, 5) is 23.8. The predicted molar refractivity (Wildman–Crippen MR) is 106 cm³/mol. The Labute approximate surface area is 159 Å². The van der Waals surface area contributed by atoms with E-state index < -0.39 is 0 Å². The Morgan fingerprint density at radius 2 is 1.92 bits per heavy atom. The van der Waals surface area contributed by atoms with Crippen molar-refractivity contribution < 1.29 is 9.21 Å². The van der Waals surface area contributed by atoms with Crippen molar-refractivity contribution in [1.29, 1.82) is 0 Å². The summed E-state index contributed by atoms with van der Waals surface area (Å²) < 4.78 is 5.23. The standard InChI is InChI=1S/C18H29N5O2S/c1-2-19-18(20-5-6-21-11-14-26-15-12-21)23-9-7-22(8-10-23)17(24)16-4-3-13-25-16/h3-4,13H,2,5-12,14-15H2,1H3,(H,19,20). The molecule has 2 aliphatic rings. The number of piperazine rings is 1. The van der Waals surface area contributed by atoms with Crippen molar-refractivity contribution in [3.8, 4) is 0 Å². The SMILES string of the molecule is CCNC(=NCCN1CCSCC1)N1CCN(C(=O)c2ccco2)CC1. The van der Waals surface area contributed by atoms with Gasteiger partial charge in [-0.25, -0.2) is 0 Å². The number of rotatable bonds is 5. The number of guanidine groups is 1. The molecule has 0 aromatic carbocycles. The molecule has 1 N–H and O–H groups in total. The third kappa shape index (κ3) is 5.17. The normalized spacial score (nSPS) is 19.7. The number of aliphatic imine (C=N–C) groups is 1. The number of carbonyl (C=O) groups excluding carboxylic acids is 1. The topological polar surface area (TPSA) is 64.3 Å². The molecule has 2 saturated heterocycles. The second-order valence-electron chi connectivity index (χ2n) is 6.45. The molecule has 0 spiro atoms. The molecule has 0 radical (unpaired) electrons. The molecule has 1 aromatic rings. The number of thioether (sulfide) groups is 1. The van der Waals surface area contributed by atoms with Gasteiger partial charge in [0.15, 0.2) is 11.7 Å². The van der Waals surface area contributed by atoms with E-state index in [0.29, 0.717) is 18.8 Å². The first-order valence-corrected chi connectivity index (χ1v) is 10.6. The molecule has 144 valence electrons. The predicted octanol–water partition coefficient (Wildman–Crippen LogP) is 1.05. The van der Waals surface area contributed by atoms with E-state index in [1.54, 1.807) is 18.4 Å². The van der Waals surface area contributed by atoms with Crippen LogP contribution in [-0.2, 0) is 0 Å². The molecule has 0 aliphatic carbocycles. The van der Waals surface area contributed by atoms with E-state index in [-0.39, 0.29) is 5.91 Å². The molecular formula is C18H29N5O2S. The Morgan fingerprint density at radius 1 is 1.19 bits per heavy atom. The molecule has 3 heterocycles. The first kappa shape index (κ1) is 19.1. The molecule has 0 atom stereocenters. The van der Waals surface area contributed by atoms with Crippen LogP contribution in [0.2, 0.25) is 0 Å². The highest BCUT2D eigenvalue weighted by atomic mass is 32.2. The molecule has 8 heteroatoms. The summed E-state index contributed by atoms with van der Waals surface area (Å²) in [6.07, 6.45) is 1.54. The Balaban J connectivity index is 1.49. The van der Waals surface area contributed by atoms with E-state index >= 15 is 0 Å². The molecule has 7 nitrogen and oxygen atoms in total. The van der Waals surface area contributed by atoms with E-state index in [0.717, 1.165) is 38.7 Å². The van der Waals surface area contributed by atoms with Gasteiger partial charge < -0.3 is 19.5 Å². The number of furan rings is 1. The fourth-order valence-corrected chi connectivity index (χ4v) is 4.20. The van der Waals surface area contributed by atoms with Crippen LogP contribution in [0.5, 0.6) is 0 Å². The molecule has 2 fully saturated rings. The highest BCUT2D eigenvalue weighted by Gasteiger charge is 2.25. The van der Waals surface area contributed by atoms with Crippen LogP contribution in [0, 0.1) is 0 Å². The van der Waals surface area contributed by atoms with Gasteiger partial charge in [0, 0.05) is 63.9 Å². The van der Waals surface area contributed by atoms with Crippen LogP contribution >= 0.6 is 11.8 Å². The maximum Gasteiger partial charge on any atom is 0.289 e. The zero-order valence-electron chi connectivity index (χ0n) is 15.5. The molecule has 1 amide bonds. The summed E-state index contributed by atoms with van der Waals surface area (Å²) in [7, 11) is 0. The van der Waals surface area contributed by atoms with Gasteiger partial charge in [0.1, 0.15) is 0 Å². The van der Waals surface area contributed by atoms with Crippen LogP contribution in [0.25, 0.3) is 0 Å². The van der Waals surface area contributed by atoms with Crippen LogP contribution in [0.3, 0.4) is 0 Å². The average molecular weight is 380 g/mol. The van der Waals surface area contributed by atoms with Crippen molar-refractivity contribution in [3.05, 3.63) is 24.2 Å². The third-order valence-corrected chi connectivity index (χ3v) is 5.66. The minimum atomic E-state index is -0.0282. The largest absolute Gasteiger partial charge is 0.459 e. The van der Waals surface area contributed by atoms with Gasteiger partial charge in [-0.3, -0.25) is 14.7 Å². The van der Waals surface area contributed by atoms with Gasteiger partial charge in [0.05, 0.1) is 12.8 Å². The van der Waals surface area contributed by atoms with Crippen molar-refractivity contribution in [2.24, 2.45) is 4.99 Å². The highest BCUT2D eigenvalue weighted by Crippen LogP contribution is 2.10. The van der Waals surface area contributed by atoms with Crippen molar-refractivity contribution in [2.75, 3.05) is 70.4 Å². The molecule has 2 aliphatic heterocycles. The second-order valence-corrected chi connectivity index (χ2v) is 7.67. The molecular weight excluding hydrogens is 350 g/mol. The Morgan fingerprint density at radius 3 is 2.58 bits per heavy atom. The van der Waals surface area contributed by atoms with Crippen molar-refractivity contribution in [2.45, 2.75) is 6.92 Å². The summed E-state index contributed by atoms with van der Waals surface area (Å²) >= 11 is 2.03. The third-order valence-electron chi connectivity index (χ3n) is 4.71. The summed E-state index contributed by atoms with van der Waals surface area (Å²) in [6.45, 7) is 10.1. The molecule has 1 aromatic heterocycles. The minimum absolute atomic E-state index is 0.0282. The second kappa shape index (κ2) is 9.87.